The fourth-order valence-electron chi connectivity index (χ4n) is 2.67. The normalized spacial score (nSPS) is 10.4. The average Bonchev–Trinajstić information content (AvgIpc) is 2.71. The Morgan fingerprint density at radius 3 is 2.41 bits per heavy atom. The number of aromatic nitrogens is 1. The summed E-state index contributed by atoms with van der Waals surface area (Å²) in [5, 5.41) is 3.63. The minimum Gasteiger partial charge on any atom is -0.455 e. The van der Waals surface area contributed by atoms with Crippen molar-refractivity contribution in [3.8, 4) is 17.2 Å². The maximum absolute atomic E-state index is 12.4. The monoisotopic (exact) mass is 356 g/mol. The molecule has 4 rings (SSSR count). The Morgan fingerprint density at radius 1 is 0.778 bits per heavy atom. The quantitative estimate of drug-likeness (QED) is 0.514. The van der Waals surface area contributed by atoms with Crippen LogP contribution in [0.2, 0.25) is 0 Å². The third-order valence-electron chi connectivity index (χ3n) is 3.89. The number of pyridine rings is 1. The molecule has 0 saturated heterocycles. The van der Waals surface area contributed by atoms with Gasteiger partial charge in [-0.05, 0) is 36.4 Å². The van der Waals surface area contributed by atoms with Crippen molar-refractivity contribution in [2.45, 2.75) is 0 Å². The number of hydrogen-bond donors (Lipinski definition) is 1. The number of hydrogen-bond acceptors (Lipinski definition) is 4. The number of carbonyl (C=O) groups excluding carboxylic acids is 1. The topological polar surface area (TPSA) is 60.5 Å². The van der Waals surface area contributed by atoms with E-state index in [1.165, 1.54) is 0 Å². The summed E-state index contributed by atoms with van der Waals surface area (Å²) in [5.74, 6) is 1.60. The summed E-state index contributed by atoms with van der Waals surface area (Å²) >= 11 is 0. The van der Waals surface area contributed by atoms with E-state index in [0.717, 1.165) is 5.39 Å². The number of fused-ring (bicyclic) bond motifs is 1. The molecule has 0 aliphatic heterocycles. The van der Waals surface area contributed by atoms with Gasteiger partial charge in [-0.15, -0.1) is 0 Å². The molecule has 1 N–H and O–H groups in total. The van der Waals surface area contributed by atoms with Crippen molar-refractivity contribution in [3.05, 3.63) is 91.1 Å². The highest BCUT2D eigenvalue weighted by Gasteiger charge is 2.12. The Morgan fingerprint density at radius 2 is 1.52 bits per heavy atom. The van der Waals surface area contributed by atoms with Crippen molar-refractivity contribution in [1.82, 2.24) is 4.98 Å². The molecule has 5 heteroatoms. The number of ether oxygens (including phenoxy) is 2. The zero-order valence-corrected chi connectivity index (χ0v) is 14.3. The van der Waals surface area contributed by atoms with Crippen molar-refractivity contribution in [2.24, 2.45) is 0 Å². The molecule has 0 fully saturated rings. The first-order valence-corrected chi connectivity index (χ1v) is 8.44. The molecular weight excluding hydrogens is 340 g/mol. The molecule has 3 aromatic carbocycles. The average molecular weight is 356 g/mol. The Bertz CT molecular complexity index is 1080. The summed E-state index contributed by atoms with van der Waals surface area (Å²) in [6.07, 6.45) is 1.05. The first kappa shape index (κ1) is 16.6. The van der Waals surface area contributed by atoms with E-state index in [1.807, 2.05) is 66.7 Å². The van der Waals surface area contributed by atoms with Gasteiger partial charge >= 0.3 is 6.09 Å². The van der Waals surface area contributed by atoms with Crippen molar-refractivity contribution in [1.29, 1.82) is 0 Å². The summed E-state index contributed by atoms with van der Waals surface area (Å²) in [7, 11) is 0. The van der Waals surface area contributed by atoms with Crippen LogP contribution in [0.4, 0.5) is 10.5 Å². The number of benzene rings is 3. The van der Waals surface area contributed by atoms with Crippen LogP contribution in [0.3, 0.4) is 0 Å². The largest absolute Gasteiger partial charge is 0.455 e. The first-order chi connectivity index (χ1) is 13.3. The molecule has 0 spiro atoms. The van der Waals surface area contributed by atoms with Crippen molar-refractivity contribution in [2.75, 3.05) is 5.32 Å². The standard InChI is InChI=1S/C22H16N2O3/c25-22(27-20-14-6-8-16-9-7-15-23-21(16)20)24-18-12-4-5-13-19(18)26-17-10-2-1-3-11-17/h1-15H,(H,24,25). The summed E-state index contributed by atoms with van der Waals surface area (Å²) in [6, 6.07) is 25.7. The minimum atomic E-state index is -0.614. The lowest BCUT2D eigenvalue weighted by atomic mass is 10.2. The van der Waals surface area contributed by atoms with Crippen LogP contribution in [0.1, 0.15) is 0 Å². The maximum Gasteiger partial charge on any atom is 0.417 e. The lowest BCUT2D eigenvalue weighted by Crippen LogP contribution is -2.17. The van der Waals surface area contributed by atoms with Crippen LogP contribution in [0.15, 0.2) is 91.1 Å². The molecule has 0 bridgehead atoms. The molecular formula is C22H16N2O3. The van der Waals surface area contributed by atoms with Gasteiger partial charge in [0, 0.05) is 11.6 Å². The number of rotatable bonds is 4. The Hall–Kier alpha value is -3.86. The van der Waals surface area contributed by atoms with Crippen LogP contribution < -0.4 is 14.8 Å². The van der Waals surface area contributed by atoms with Gasteiger partial charge in [0.25, 0.3) is 0 Å². The molecule has 27 heavy (non-hydrogen) atoms. The van der Waals surface area contributed by atoms with E-state index in [9.17, 15) is 4.79 Å². The van der Waals surface area contributed by atoms with Crippen LogP contribution in [-0.4, -0.2) is 11.1 Å². The summed E-state index contributed by atoms with van der Waals surface area (Å²) in [4.78, 5) is 16.7. The highest BCUT2D eigenvalue weighted by Crippen LogP contribution is 2.30. The van der Waals surface area contributed by atoms with Gasteiger partial charge < -0.3 is 9.47 Å². The number of anilines is 1. The predicted molar refractivity (Wildman–Crippen MR) is 104 cm³/mol. The van der Waals surface area contributed by atoms with E-state index in [0.29, 0.717) is 28.5 Å². The second kappa shape index (κ2) is 7.58. The molecule has 0 unspecified atom stereocenters. The fraction of sp³-hybridized carbons (Fsp3) is 0. The molecule has 1 aromatic heterocycles. The molecule has 4 aromatic rings. The van der Waals surface area contributed by atoms with Crippen LogP contribution in [-0.2, 0) is 0 Å². The zero-order valence-electron chi connectivity index (χ0n) is 14.3. The summed E-state index contributed by atoms with van der Waals surface area (Å²) in [6.45, 7) is 0. The van der Waals surface area contributed by atoms with Crippen molar-refractivity contribution >= 4 is 22.7 Å². The molecule has 0 atom stereocenters. The molecule has 132 valence electrons. The van der Waals surface area contributed by atoms with Gasteiger partial charge in [0.1, 0.15) is 11.3 Å². The fourth-order valence-corrected chi connectivity index (χ4v) is 2.67. The van der Waals surface area contributed by atoms with Gasteiger partial charge in [-0.25, -0.2) is 4.79 Å². The summed E-state index contributed by atoms with van der Waals surface area (Å²) < 4.78 is 11.3. The second-order valence-electron chi connectivity index (χ2n) is 5.76. The van der Waals surface area contributed by atoms with Gasteiger partial charge in [0.2, 0.25) is 0 Å². The van der Waals surface area contributed by atoms with E-state index >= 15 is 0 Å². The summed E-state index contributed by atoms with van der Waals surface area (Å²) in [5.41, 5.74) is 1.14. The third kappa shape index (κ3) is 3.88. The van der Waals surface area contributed by atoms with E-state index in [-0.39, 0.29) is 0 Å². The van der Waals surface area contributed by atoms with E-state index in [1.54, 1.807) is 24.4 Å². The smallest absolute Gasteiger partial charge is 0.417 e. The van der Waals surface area contributed by atoms with Crippen molar-refractivity contribution in [3.63, 3.8) is 0 Å². The lowest BCUT2D eigenvalue weighted by Gasteiger charge is -2.12. The van der Waals surface area contributed by atoms with Gasteiger partial charge in [-0.2, -0.15) is 0 Å². The predicted octanol–water partition coefficient (Wildman–Crippen LogP) is 5.64. The zero-order chi connectivity index (χ0) is 18.5. The number of amides is 1. The van der Waals surface area contributed by atoms with Crippen LogP contribution in [0, 0.1) is 0 Å². The van der Waals surface area contributed by atoms with Gasteiger partial charge in [-0.1, -0.05) is 48.5 Å². The number of carbonyl (C=O) groups is 1. The highest BCUT2D eigenvalue weighted by molar-refractivity contribution is 5.92. The molecule has 1 amide bonds. The molecule has 5 nitrogen and oxygen atoms in total. The third-order valence-corrected chi connectivity index (χ3v) is 3.89. The minimum absolute atomic E-state index is 0.395. The Balaban J connectivity index is 1.53. The van der Waals surface area contributed by atoms with E-state index in [4.69, 9.17) is 9.47 Å². The van der Waals surface area contributed by atoms with Crippen LogP contribution in [0.5, 0.6) is 17.2 Å². The van der Waals surface area contributed by atoms with Gasteiger partial charge in [0.05, 0.1) is 5.69 Å². The molecule has 1 heterocycles. The van der Waals surface area contributed by atoms with Crippen molar-refractivity contribution < 1.29 is 14.3 Å². The lowest BCUT2D eigenvalue weighted by molar-refractivity contribution is 0.215. The number of nitrogens with zero attached hydrogens (tertiary/aromatic N) is 1. The SMILES string of the molecule is O=C(Nc1ccccc1Oc1ccccc1)Oc1cccc2cccnc12. The Kier molecular flexibility index (Phi) is 4.66. The van der Waals surface area contributed by atoms with Gasteiger partial charge in [0.15, 0.2) is 11.5 Å². The maximum atomic E-state index is 12.4. The van der Waals surface area contributed by atoms with E-state index in [2.05, 4.69) is 10.3 Å². The van der Waals surface area contributed by atoms with Gasteiger partial charge in [-0.3, -0.25) is 10.3 Å². The number of para-hydroxylation sites is 4. The first-order valence-electron chi connectivity index (χ1n) is 8.44. The van der Waals surface area contributed by atoms with Crippen LogP contribution >= 0.6 is 0 Å². The highest BCUT2D eigenvalue weighted by atomic mass is 16.6. The second-order valence-corrected chi connectivity index (χ2v) is 5.76. The van der Waals surface area contributed by atoms with Crippen LogP contribution in [0.25, 0.3) is 10.9 Å². The molecule has 0 aliphatic carbocycles. The Labute approximate surface area is 156 Å². The molecule has 0 radical (unpaired) electrons. The molecule has 0 aliphatic rings. The number of nitrogens with one attached hydrogen (secondary N) is 1. The molecule has 0 saturated carbocycles. The van der Waals surface area contributed by atoms with E-state index < -0.39 is 6.09 Å².